The molecule has 0 amide bonds. The molecule has 1 aliphatic heterocycles. The van der Waals surface area contributed by atoms with Crippen molar-refractivity contribution in [3.63, 3.8) is 0 Å². The first kappa shape index (κ1) is 13.9. The molecule has 3 heteroatoms. The average Bonchev–Trinajstić information content (AvgIpc) is 2.75. The first-order valence-electron chi connectivity index (χ1n) is 6.59. The summed E-state index contributed by atoms with van der Waals surface area (Å²) in [5, 5.41) is 8.62. The maximum Gasteiger partial charge on any atom is 0.119 e. The molecule has 0 radical (unpaired) electrons. The highest BCUT2D eigenvalue weighted by Crippen LogP contribution is 2.29. The van der Waals surface area contributed by atoms with Crippen molar-refractivity contribution in [1.82, 2.24) is 0 Å². The molecule has 0 aromatic heterocycles. The van der Waals surface area contributed by atoms with Crippen molar-refractivity contribution < 1.29 is 14.6 Å². The topological polar surface area (TPSA) is 38.7 Å². The number of hydrogen-bond acceptors (Lipinski definition) is 3. The largest absolute Gasteiger partial charge is 0.491 e. The van der Waals surface area contributed by atoms with E-state index in [-0.39, 0.29) is 18.3 Å². The van der Waals surface area contributed by atoms with E-state index in [1.165, 1.54) is 0 Å². The van der Waals surface area contributed by atoms with Crippen molar-refractivity contribution in [3.05, 3.63) is 29.8 Å². The Morgan fingerprint density at radius 1 is 1.37 bits per heavy atom. The number of aliphatic hydroxyl groups excluding tert-OH is 1. The molecule has 19 heavy (non-hydrogen) atoms. The summed E-state index contributed by atoms with van der Waals surface area (Å²) in [4.78, 5) is 0. The molecular weight excluding hydrogens is 240 g/mol. The zero-order chi connectivity index (χ0) is 13.7. The van der Waals surface area contributed by atoms with E-state index in [0.717, 1.165) is 24.2 Å². The van der Waals surface area contributed by atoms with Gasteiger partial charge in [-0.3, -0.25) is 0 Å². The summed E-state index contributed by atoms with van der Waals surface area (Å²) in [6, 6.07) is 7.55. The maximum absolute atomic E-state index is 8.62. The second-order valence-corrected chi connectivity index (χ2v) is 5.33. The molecule has 1 aliphatic rings. The van der Waals surface area contributed by atoms with Gasteiger partial charge in [0.2, 0.25) is 0 Å². The lowest BCUT2D eigenvalue weighted by atomic mass is 10.1. The molecule has 0 bridgehead atoms. The van der Waals surface area contributed by atoms with E-state index in [1.54, 1.807) is 0 Å². The molecule has 1 fully saturated rings. The molecule has 0 saturated carbocycles. The van der Waals surface area contributed by atoms with Crippen LogP contribution in [0, 0.1) is 11.8 Å². The fourth-order valence-electron chi connectivity index (χ4n) is 2.16. The average molecular weight is 260 g/mol. The molecule has 2 rings (SSSR count). The Labute approximate surface area is 114 Å². The lowest BCUT2D eigenvalue weighted by Crippen LogP contribution is -2.23. The van der Waals surface area contributed by atoms with Gasteiger partial charge in [0.05, 0.1) is 11.7 Å². The second kappa shape index (κ2) is 6.10. The smallest absolute Gasteiger partial charge is 0.119 e. The minimum absolute atomic E-state index is 0.0161. The molecule has 3 nitrogen and oxygen atoms in total. The summed E-state index contributed by atoms with van der Waals surface area (Å²) in [6.45, 7) is 4.70. The lowest BCUT2D eigenvalue weighted by molar-refractivity contribution is -0.0326. The van der Waals surface area contributed by atoms with Crippen LogP contribution in [0.4, 0.5) is 0 Å². The molecule has 1 unspecified atom stereocenters. The van der Waals surface area contributed by atoms with Gasteiger partial charge in [0, 0.05) is 5.56 Å². The quantitative estimate of drug-likeness (QED) is 0.848. The second-order valence-electron chi connectivity index (χ2n) is 5.33. The van der Waals surface area contributed by atoms with Crippen LogP contribution in [0.15, 0.2) is 24.3 Å². The van der Waals surface area contributed by atoms with Crippen molar-refractivity contribution in [1.29, 1.82) is 0 Å². The third-order valence-electron chi connectivity index (χ3n) is 3.16. The van der Waals surface area contributed by atoms with Gasteiger partial charge in [-0.2, -0.15) is 0 Å². The van der Waals surface area contributed by atoms with Gasteiger partial charge in [-0.15, -0.1) is 0 Å². The summed E-state index contributed by atoms with van der Waals surface area (Å²) in [5.74, 6) is 6.29. The van der Waals surface area contributed by atoms with Gasteiger partial charge in [-0.1, -0.05) is 11.8 Å². The van der Waals surface area contributed by atoms with Crippen LogP contribution >= 0.6 is 0 Å². The molecule has 1 heterocycles. The summed E-state index contributed by atoms with van der Waals surface area (Å²) in [5.41, 5.74) is 0.859. The van der Waals surface area contributed by atoms with Gasteiger partial charge < -0.3 is 14.6 Å². The van der Waals surface area contributed by atoms with Crippen molar-refractivity contribution in [2.75, 3.05) is 13.2 Å². The Morgan fingerprint density at radius 3 is 2.68 bits per heavy atom. The van der Waals surface area contributed by atoms with E-state index < -0.39 is 0 Å². The Morgan fingerprint density at radius 2 is 2.11 bits per heavy atom. The van der Waals surface area contributed by atoms with E-state index in [9.17, 15) is 0 Å². The van der Waals surface area contributed by atoms with Crippen LogP contribution in [-0.4, -0.2) is 30.0 Å². The Balaban J connectivity index is 1.83. The molecule has 102 valence electrons. The van der Waals surface area contributed by atoms with Crippen LogP contribution in [0.1, 0.15) is 32.3 Å². The SMILES string of the molecule is CC1(C)CCC(COc2ccc(C#CCO)cc2)O1. The number of aliphatic hydroxyl groups is 1. The van der Waals surface area contributed by atoms with E-state index in [2.05, 4.69) is 25.7 Å². The monoisotopic (exact) mass is 260 g/mol. The number of hydrogen-bond donors (Lipinski definition) is 1. The number of rotatable bonds is 3. The molecule has 0 spiro atoms. The van der Waals surface area contributed by atoms with Crippen LogP contribution in [0.3, 0.4) is 0 Å². The van der Waals surface area contributed by atoms with E-state index >= 15 is 0 Å². The molecule has 0 aliphatic carbocycles. The summed E-state index contributed by atoms with van der Waals surface area (Å²) < 4.78 is 11.6. The van der Waals surface area contributed by atoms with E-state index in [4.69, 9.17) is 14.6 Å². The Bertz CT molecular complexity index is 465. The Hall–Kier alpha value is -1.50. The third-order valence-corrected chi connectivity index (χ3v) is 3.16. The highest BCUT2D eigenvalue weighted by atomic mass is 16.6. The van der Waals surface area contributed by atoms with Gasteiger partial charge in [0.15, 0.2) is 0 Å². The molecule has 1 saturated heterocycles. The van der Waals surface area contributed by atoms with Crippen LogP contribution in [0.25, 0.3) is 0 Å². The number of ether oxygens (including phenoxy) is 2. The van der Waals surface area contributed by atoms with Crippen LogP contribution in [0.2, 0.25) is 0 Å². The van der Waals surface area contributed by atoms with Crippen molar-refractivity contribution in [2.45, 2.75) is 38.4 Å². The minimum Gasteiger partial charge on any atom is -0.491 e. The zero-order valence-corrected chi connectivity index (χ0v) is 11.5. The molecule has 1 atom stereocenters. The van der Waals surface area contributed by atoms with Crippen molar-refractivity contribution in [2.24, 2.45) is 0 Å². The fraction of sp³-hybridized carbons (Fsp3) is 0.500. The van der Waals surface area contributed by atoms with Gasteiger partial charge in [0.1, 0.15) is 19.0 Å². The molecule has 1 N–H and O–H groups in total. The fourth-order valence-corrected chi connectivity index (χ4v) is 2.16. The van der Waals surface area contributed by atoms with E-state index in [1.807, 2.05) is 24.3 Å². The summed E-state index contributed by atoms with van der Waals surface area (Å²) >= 11 is 0. The first-order valence-corrected chi connectivity index (χ1v) is 6.59. The summed E-state index contributed by atoms with van der Waals surface area (Å²) in [6.07, 6.45) is 2.31. The van der Waals surface area contributed by atoms with Gasteiger partial charge in [-0.05, 0) is 51.0 Å². The van der Waals surface area contributed by atoms with Crippen molar-refractivity contribution in [3.8, 4) is 17.6 Å². The van der Waals surface area contributed by atoms with Gasteiger partial charge >= 0.3 is 0 Å². The van der Waals surface area contributed by atoms with E-state index in [0.29, 0.717) is 6.61 Å². The standard InChI is InChI=1S/C16H20O3/c1-16(2)10-9-15(19-16)12-18-14-7-5-13(6-8-14)4-3-11-17/h5-8,15,17H,9-12H2,1-2H3. The van der Waals surface area contributed by atoms with Crippen LogP contribution in [0.5, 0.6) is 5.75 Å². The first-order chi connectivity index (χ1) is 9.09. The van der Waals surface area contributed by atoms with Gasteiger partial charge in [-0.25, -0.2) is 0 Å². The van der Waals surface area contributed by atoms with Crippen molar-refractivity contribution >= 4 is 0 Å². The minimum atomic E-state index is -0.118. The molecule has 1 aromatic carbocycles. The third kappa shape index (κ3) is 4.27. The van der Waals surface area contributed by atoms with Crippen LogP contribution in [-0.2, 0) is 4.74 Å². The predicted molar refractivity (Wildman–Crippen MR) is 74.1 cm³/mol. The Kier molecular flexibility index (Phi) is 4.47. The highest BCUT2D eigenvalue weighted by molar-refractivity contribution is 5.38. The molecule has 1 aromatic rings. The summed E-state index contributed by atoms with van der Waals surface area (Å²) in [7, 11) is 0. The lowest BCUT2D eigenvalue weighted by Gasteiger charge is -2.19. The normalized spacial score (nSPS) is 20.7. The van der Waals surface area contributed by atoms with Crippen LogP contribution < -0.4 is 4.74 Å². The maximum atomic E-state index is 8.62. The molecular formula is C16H20O3. The predicted octanol–water partition coefficient (Wildman–Crippen LogP) is 2.37. The number of benzene rings is 1. The van der Waals surface area contributed by atoms with Gasteiger partial charge in [0.25, 0.3) is 0 Å². The zero-order valence-electron chi connectivity index (χ0n) is 11.5. The highest BCUT2D eigenvalue weighted by Gasteiger charge is 2.31.